The molecule has 1 unspecified atom stereocenters. The van der Waals surface area contributed by atoms with Gasteiger partial charge in [-0.2, -0.15) is 0 Å². The lowest BCUT2D eigenvalue weighted by Crippen LogP contribution is -2.45. The Morgan fingerprint density at radius 1 is 1.03 bits per heavy atom. The monoisotopic (exact) mass is 522 g/mol. The first-order valence-electron chi connectivity index (χ1n) is 12.6. The fourth-order valence-corrected chi connectivity index (χ4v) is 6.06. The van der Waals surface area contributed by atoms with Crippen molar-refractivity contribution in [3.63, 3.8) is 0 Å². The number of carbonyl (C=O) groups is 2. The van der Waals surface area contributed by atoms with Gasteiger partial charge < -0.3 is 19.9 Å². The molecular weight excluding hydrogens is 491 g/mol. The average Bonchev–Trinajstić information content (AvgIpc) is 3.23. The van der Waals surface area contributed by atoms with E-state index in [1.165, 1.54) is 10.9 Å². The molecule has 37 heavy (non-hydrogen) atoms. The fraction of sp³-hybridized carbons (Fsp3) is 0.357. The summed E-state index contributed by atoms with van der Waals surface area (Å²) in [7, 11) is 1.59. The highest BCUT2D eigenvalue weighted by Gasteiger charge is 2.32. The number of fused-ring (bicyclic) bond motifs is 1. The molecule has 9 heteroatoms. The van der Waals surface area contributed by atoms with Crippen molar-refractivity contribution in [2.24, 2.45) is 0 Å². The van der Waals surface area contributed by atoms with Crippen LogP contribution in [-0.4, -0.2) is 73.0 Å². The Bertz CT molecular complexity index is 1270. The van der Waals surface area contributed by atoms with E-state index in [1.54, 1.807) is 41.5 Å². The van der Waals surface area contributed by atoms with Gasteiger partial charge in [-0.25, -0.2) is 9.18 Å². The lowest BCUT2D eigenvalue weighted by atomic mass is 9.93. The van der Waals surface area contributed by atoms with Gasteiger partial charge in [-0.05, 0) is 59.7 Å². The van der Waals surface area contributed by atoms with E-state index >= 15 is 0 Å². The number of methoxy groups -OCH3 is 1. The van der Waals surface area contributed by atoms with Gasteiger partial charge in [0.15, 0.2) is 0 Å². The van der Waals surface area contributed by atoms with Crippen molar-refractivity contribution in [2.45, 2.75) is 18.9 Å². The number of nitrogens with zero attached hydrogens (tertiary/aromatic N) is 3. The van der Waals surface area contributed by atoms with Crippen LogP contribution in [0.15, 0.2) is 60.0 Å². The summed E-state index contributed by atoms with van der Waals surface area (Å²) in [6, 6.07) is 15.7. The quantitative estimate of drug-likeness (QED) is 0.532. The van der Waals surface area contributed by atoms with Crippen LogP contribution in [0, 0.1) is 5.82 Å². The second kappa shape index (κ2) is 11.3. The fourth-order valence-electron chi connectivity index (χ4n) is 5.15. The second-order valence-electron chi connectivity index (χ2n) is 9.36. The molecule has 0 radical (unpaired) electrons. The Kier molecular flexibility index (Phi) is 7.71. The summed E-state index contributed by atoms with van der Waals surface area (Å²) in [5, 5.41) is 5.00. The molecule has 2 aliphatic heterocycles. The van der Waals surface area contributed by atoms with Gasteiger partial charge in [-0.3, -0.25) is 9.69 Å². The normalized spacial score (nSPS) is 18.2. The van der Waals surface area contributed by atoms with Crippen molar-refractivity contribution in [3.8, 4) is 5.75 Å². The first-order chi connectivity index (χ1) is 18.0. The molecule has 2 aliphatic rings. The topological polar surface area (TPSA) is 65.1 Å². The summed E-state index contributed by atoms with van der Waals surface area (Å²) in [5.74, 6) is 0.440. The van der Waals surface area contributed by atoms with E-state index in [0.717, 1.165) is 24.1 Å². The van der Waals surface area contributed by atoms with Crippen LogP contribution >= 0.6 is 11.3 Å². The largest absolute Gasteiger partial charge is 0.497 e. The number of anilines is 1. The zero-order valence-corrected chi connectivity index (χ0v) is 21.7. The third-order valence-electron chi connectivity index (χ3n) is 7.03. The summed E-state index contributed by atoms with van der Waals surface area (Å²) < 4.78 is 19.3. The lowest BCUT2D eigenvalue weighted by molar-refractivity contribution is -0.132. The highest BCUT2D eigenvalue weighted by Crippen LogP contribution is 2.37. The standard InChI is InChI=1S/C28H31FN4O3S/c1-36-23-8-3-7-22(18-23)30-28(35)32-12-4-11-31(14-15-32)26(34)19-33-13-9-25-24(10-16-37-25)27(33)20-5-2-6-21(29)17-20/h2-3,5-8,10,16-18,27H,4,9,11-15,19H2,1H3,(H,30,35). The van der Waals surface area contributed by atoms with E-state index in [9.17, 15) is 14.0 Å². The third kappa shape index (κ3) is 5.78. The van der Waals surface area contributed by atoms with E-state index in [-0.39, 0.29) is 30.3 Å². The average molecular weight is 523 g/mol. The molecule has 1 N–H and O–H groups in total. The number of carbonyl (C=O) groups excluding carboxylic acids is 2. The van der Waals surface area contributed by atoms with Crippen LogP contribution in [0.4, 0.5) is 14.9 Å². The number of benzene rings is 2. The highest BCUT2D eigenvalue weighted by molar-refractivity contribution is 7.10. The molecule has 2 aromatic carbocycles. The van der Waals surface area contributed by atoms with Crippen molar-refractivity contribution in [1.82, 2.24) is 14.7 Å². The minimum Gasteiger partial charge on any atom is -0.497 e. The number of halogens is 1. The molecule has 0 bridgehead atoms. The Balaban J connectivity index is 1.23. The summed E-state index contributed by atoms with van der Waals surface area (Å²) in [5.41, 5.74) is 2.69. The van der Waals surface area contributed by atoms with Crippen LogP contribution in [0.3, 0.4) is 0 Å². The summed E-state index contributed by atoms with van der Waals surface area (Å²) in [4.78, 5) is 33.4. The van der Waals surface area contributed by atoms with E-state index < -0.39 is 0 Å². The number of ether oxygens (including phenoxy) is 1. The van der Waals surface area contributed by atoms with Crippen LogP contribution in [0.2, 0.25) is 0 Å². The minimum absolute atomic E-state index is 0.0372. The Morgan fingerprint density at radius 2 is 1.84 bits per heavy atom. The van der Waals surface area contributed by atoms with Gasteiger partial charge >= 0.3 is 6.03 Å². The van der Waals surface area contributed by atoms with Gasteiger partial charge in [0, 0.05) is 49.4 Å². The van der Waals surface area contributed by atoms with Crippen LogP contribution in [0.5, 0.6) is 5.75 Å². The number of amides is 3. The molecule has 0 spiro atoms. The molecule has 0 saturated carbocycles. The van der Waals surface area contributed by atoms with Crippen molar-refractivity contribution in [2.75, 3.05) is 51.7 Å². The summed E-state index contributed by atoms with van der Waals surface area (Å²) >= 11 is 1.72. The van der Waals surface area contributed by atoms with Crippen molar-refractivity contribution >= 4 is 29.0 Å². The number of thiophene rings is 1. The minimum atomic E-state index is -0.272. The van der Waals surface area contributed by atoms with Gasteiger partial charge in [0.2, 0.25) is 5.91 Å². The predicted octanol–water partition coefficient (Wildman–Crippen LogP) is 4.61. The van der Waals surface area contributed by atoms with E-state index in [0.29, 0.717) is 44.0 Å². The predicted molar refractivity (Wildman–Crippen MR) is 143 cm³/mol. The molecule has 0 aliphatic carbocycles. The van der Waals surface area contributed by atoms with Crippen LogP contribution in [0.1, 0.15) is 28.5 Å². The molecule has 1 saturated heterocycles. The molecule has 3 amide bonds. The molecule has 194 valence electrons. The number of hydrogen-bond acceptors (Lipinski definition) is 5. The number of hydrogen-bond donors (Lipinski definition) is 1. The van der Waals surface area contributed by atoms with Crippen LogP contribution < -0.4 is 10.1 Å². The Labute approximate surface area is 220 Å². The summed E-state index contributed by atoms with van der Waals surface area (Å²) in [6.07, 6.45) is 1.59. The SMILES string of the molecule is COc1cccc(NC(=O)N2CCCN(C(=O)CN3CCc4sccc4C3c3cccc(F)c3)CC2)c1. The zero-order valence-electron chi connectivity index (χ0n) is 20.9. The molecule has 3 aromatic rings. The highest BCUT2D eigenvalue weighted by atomic mass is 32.1. The molecule has 7 nitrogen and oxygen atoms in total. The van der Waals surface area contributed by atoms with Gasteiger partial charge in [-0.15, -0.1) is 11.3 Å². The second-order valence-corrected chi connectivity index (χ2v) is 10.4. The maximum atomic E-state index is 14.1. The maximum absolute atomic E-state index is 14.1. The van der Waals surface area contributed by atoms with Crippen molar-refractivity contribution < 1.29 is 18.7 Å². The lowest BCUT2D eigenvalue weighted by Gasteiger charge is -2.37. The first-order valence-corrected chi connectivity index (χ1v) is 13.4. The van der Waals surface area contributed by atoms with Gasteiger partial charge in [0.1, 0.15) is 11.6 Å². The Morgan fingerprint density at radius 3 is 2.68 bits per heavy atom. The third-order valence-corrected chi connectivity index (χ3v) is 8.02. The molecular formula is C28H31FN4O3S. The first kappa shape index (κ1) is 25.2. The number of rotatable bonds is 5. The van der Waals surface area contributed by atoms with Gasteiger partial charge in [0.25, 0.3) is 0 Å². The summed E-state index contributed by atoms with van der Waals surface area (Å²) in [6.45, 7) is 3.11. The van der Waals surface area contributed by atoms with E-state index in [1.807, 2.05) is 29.2 Å². The maximum Gasteiger partial charge on any atom is 0.321 e. The molecule has 5 rings (SSSR count). The Hall–Kier alpha value is -3.43. The van der Waals surface area contributed by atoms with Gasteiger partial charge in [-0.1, -0.05) is 18.2 Å². The smallest absolute Gasteiger partial charge is 0.321 e. The number of urea groups is 1. The zero-order chi connectivity index (χ0) is 25.8. The van der Waals surface area contributed by atoms with Crippen LogP contribution in [-0.2, 0) is 11.2 Å². The van der Waals surface area contributed by atoms with E-state index in [2.05, 4.69) is 21.7 Å². The van der Waals surface area contributed by atoms with E-state index in [4.69, 9.17) is 4.74 Å². The molecule has 1 aromatic heterocycles. The number of nitrogens with one attached hydrogen (secondary N) is 1. The molecule has 1 fully saturated rings. The molecule has 1 atom stereocenters. The van der Waals surface area contributed by atoms with Crippen LogP contribution in [0.25, 0.3) is 0 Å². The molecule has 3 heterocycles. The van der Waals surface area contributed by atoms with Crippen molar-refractivity contribution in [1.29, 1.82) is 0 Å². The van der Waals surface area contributed by atoms with Gasteiger partial charge in [0.05, 0.1) is 19.7 Å². The van der Waals surface area contributed by atoms with Crippen molar-refractivity contribution in [3.05, 3.63) is 81.8 Å².